The Bertz CT molecular complexity index is 1000. The van der Waals surface area contributed by atoms with Gasteiger partial charge in [-0.25, -0.2) is 9.69 Å². The molecule has 1 aromatic rings. The van der Waals surface area contributed by atoms with Gasteiger partial charge >= 0.3 is 6.03 Å². The van der Waals surface area contributed by atoms with E-state index in [9.17, 15) is 24.0 Å². The minimum Gasteiger partial charge on any atom is -0.326 e. The van der Waals surface area contributed by atoms with Crippen molar-refractivity contribution in [2.75, 3.05) is 10.6 Å². The van der Waals surface area contributed by atoms with E-state index in [-0.39, 0.29) is 22.2 Å². The number of urea groups is 1. The van der Waals surface area contributed by atoms with E-state index in [1.165, 1.54) is 32.9 Å². The van der Waals surface area contributed by atoms with Crippen molar-refractivity contribution in [1.82, 2.24) is 10.2 Å². The smallest absolute Gasteiger partial charge is 0.326 e. The molecule has 1 unspecified atom stereocenters. The number of amides is 5. The van der Waals surface area contributed by atoms with Crippen LogP contribution < -0.4 is 16.0 Å². The molecule has 178 valence electrons. The summed E-state index contributed by atoms with van der Waals surface area (Å²) in [5, 5.41) is 7.83. The normalized spacial score (nSPS) is 15.6. The minimum atomic E-state index is -1.76. The maximum Gasteiger partial charge on any atom is 0.326 e. The Morgan fingerprint density at radius 3 is 2.39 bits per heavy atom. The summed E-state index contributed by atoms with van der Waals surface area (Å²) in [5.74, 6) is -2.62. The van der Waals surface area contributed by atoms with E-state index in [0.717, 1.165) is 19.3 Å². The third-order valence-electron chi connectivity index (χ3n) is 5.08. The highest BCUT2D eigenvalue weighted by molar-refractivity contribution is 6.34. The summed E-state index contributed by atoms with van der Waals surface area (Å²) in [6.45, 7) is 9.91. The number of benzene rings is 1. The topological polar surface area (TPSA) is 125 Å². The molecule has 0 radical (unpaired) electrons. The summed E-state index contributed by atoms with van der Waals surface area (Å²) < 4.78 is 0. The number of hydrogen-bond donors (Lipinski definition) is 3. The van der Waals surface area contributed by atoms with Gasteiger partial charge in [-0.3, -0.25) is 19.2 Å². The quantitative estimate of drug-likeness (QED) is 0.206. The predicted molar refractivity (Wildman–Crippen MR) is 126 cm³/mol. The third kappa shape index (κ3) is 6.19. The summed E-state index contributed by atoms with van der Waals surface area (Å²) in [4.78, 5) is 63.7. The van der Waals surface area contributed by atoms with Crippen LogP contribution in [0.2, 0.25) is 5.02 Å². The van der Waals surface area contributed by atoms with Crippen LogP contribution in [0.25, 0.3) is 0 Å². The van der Waals surface area contributed by atoms with E-state index < -0.39 is 35.2 Å². The molecule has 1 heterocycles. The number of nitrogens with one attached hydrogen (secondary N) is 3. The Morgan fingerprint density at radius 1 is 1.18 bits per heavy atom. The second kappa shape index (κ2) is 10.6. The van der Waals surface area contributed by atoms with E-state index >= 15 is 0 Å². The van der Waals surface area contributed by atoms with Crippen molar-refractivity contribution in [2.45, 2.75) is 65.0 Å². The number of Topliss-reactive ketones (excluding diaryl/α,β-unsaturated/α-hetero) is 1. The lowest BCUT2D eigenvalue weighted by molar-refractivity contribution is -0.140. The molecule has 0 saturated carbocycles. The van der Waals surface area contributed by atoms with Gasteiger partial charge in [0.15, 0.2) is 11.8 Å². The molecule has 3 N–H and O–H groups in total. The van der Waals surface area contributed by atoms with Gasteiger partial charge < -0.3 is 16.0 Å². The van der Waals surface area contributed by atoms with Crippen molar-refractivity contribution >= 4 is 52.5 Å². The average Bonchev–Trinajstić information content (AvgIpc) is 2.92. The molecule has 1 fully saturated rings. The first-order valence-corrected chi connectivity index (χ1v) is 11.0. The molecule has 0 aromatic heterocycles. The molecule has 1 aliphatic heterocycles. The number of hydrogen-bond acceptors (Lipinski definition) is 5. The fourth-order valence-electron chi connectivity index (χ4n) is 3.25. The van der Waals surface area contributed by atoms with Crippen molar-refractivity contribution in [1.29, 1.82) is 0 Å². The van der Waals surface area contributed by atoms with Crippen LogP contribution in [0, 0.1) is 0 Å². The zero-order valence-electron chi connectivity index (χ0n) is 19.2. The lowest BCUT2D eigenvalue weighted by Gasteiger charge is -2.24. The minimum absolute atomic E-state index is 0.000327. The summed E-state index contributed by atoms with van der Waals surface area (Å²) in [5.41, 5.74) is -0.765. The van der Waals surface area contributed by atoms with Crippen molar-refractivity contribution in [2.24, 2.45) is 0 Å². The highest BCUT2D eigenvalue weighted by Crippen LogP contribution is 2.28. The highest BCUT2D eigenvalue weighted by Gasteiger charge is 2.51. The SMILES string of the molecule is C=C(C)C(=O)C(C(=O)Nc1cc(NC(=O)CCCCC)ccc1Cl)N1C(=O)NC(C)(C)C1=O. The van der Waals surface area contributed by atoms with E-state index in [1.54, 1.807) is 6.07 Å². The van der Waals surface area contributed by atoms with E-state index in [1.807, 2.05) is 6.92 Å². The predicted octanol–water partition coefficient (Wildman–Crippen LogP) is 3.64. The second-order valence-electron chi connectivity index (χ2n) is 8.47. The fourth-order valence-corrected chi connectivity index (χ4v) is 3.42. The molecule has 10 heteroatoms. The van der Waals surface area contributed by atoms with Gasteiger partial charge in [0.1, 0.15) is 5.54 Å². The van der Waals surface area contributed by atoms with E-state index in [2.05, 4.69) is 22.5 Å². The van der Waals surface area contributed by atoms with Crippen LogP contribution in [0.15, 0.2) is 30.4 Å². The zero-order valence-corrected chi connectivity index (χ0v) is 20.0. The lowest BCUT2D eigenvalue weighted by Crippen LogP contribution is -2.53. The van der Waals surface area contributed by atoms with Crippen molar-refractivity contribution in [3.63, 3.8) is 0 Å². The summed E-state index contributed by atoms with van der Waals surface area (Å²) >= 11 is 6.20. The Labute approximate surface area is 197 Å². The van der Waals surface area contributed by atoms with Gasteiger partial charge in [0, 0.05) is 12.1 Å². The first-order chi connectivity index (χ1) is 15.4. The van der Waals surface area contributed by atoms with Gasteiger partial charge in [-0.15, -0.1) is 0 Å². The Hall–Kier alpha value is -3.20. The van der Waals surface area contributed by atoms with Crippen molar-refractivity contribution in [3.8, 4) is 0 Å². The molecular weight excluding hydrogens is 448 g/mol. The number of imide groups is 1. The van der Waals surface area contributed by atoms with Gasteiger partial charge in [0.05, 0.1) is 10.7 Å². The van der Waals surface area contributed by atoms with Crippen LogP contribution >= 0.6 is 11.6 Å². The molecule has 5 amide bonds. The molecule has 9 nitrogen and oxygen atoms in total. The van der Waals surface area contributed by atoms with Crippen molar-refractivity contribution < 1.29 is 24.0 Å². The Kier molecular flexibility index (Phi) is 8.38. The van der Waals surface area contributed by atoms with E-state index in [4.69, 9.17) is 11.6 Å². The van der Waals surface area contributed by atoms with Gasteiger partial charge in [0.2, 0.25) is 5.91 Å². The summed E-state index contributed by atoms with van der Waals surface area (Å²) in [7, 11) is 0. The molecule has 1 aromatic carbocycles. The summed E-state index contributed by atoms with van der Waals surface area (Å²) in [6, 6.07) is 1.87. The number of nitrogens with zero attached hydrogens (tertiary/aromatic N) is 1. The maximum absolute atomic E-state index is 13.1. The number of anilines is 2. The van der Waals surface area contributed by atoms with Crippen LogP contribution in [0.5, 0.6) is 0 Å². The molecule has 1 aliphatic rings. The van der Waals surface area contributed by atoms with Gasteiger partial charge in [0.25, 0.3) is 11.8 Å². The van der Waals surface area contributed by atoms with Crippen LogP contribution in [-0.2, 0) is 19.2 Å². The monoisotopic (exact) mass is 476 g/mol. The van der Waals surface area contributed by atoms with Gasteiger partial charge in [-0.2, -0.15) is 0 Å². The molecule has 1 atom stereocenters. The number of unbranched alkanes of at least 4 members (excludes halogenated alkanes) is 2. The molecule has 0 aliphatic carbocycles. The molecule has 33 heavy (non-hydrogen) atoms. The molecule has 2 rings (SSSR count). The Morgan fingerprint density at radius 2 is 1.85 bits per heavy atom. The van der Waals surface area contributed by atoms with Crippen LogP contribution in [0.1, 0.15) is 53.4 Å². The van der Waals surface area contributed by atoms with Gasteiger partial charge in [-0.05, 0) is 51.0 Å². The van der Waals surface area contributed by atoms with Crippen LogP contribution in [0.4, 0.5) is 16.2 Å². The number of rotatable bonds is 10. The highest BCUT2D eigenvalue weighted by atomic mass is 35.5. The largest absolute Gasteiger partial charge is 0.326 e. The van der Waals surface area contributed by atoms with E-state index in [0.29, 0.717) is 17.0 Å². The zero-order chi connectivity index (χ0) is 24.9. The number of carbonyl (C=O) groups excluding carboxylic acids is 5. The van der Waals surface area contributed by atoms with Crippen molar-refractivity contribution in [3.05, 3.63) is 35.4 Å². The number of halogens is 1. The molecule has 0 spiro atoms. The first kappa shape index (κ1) is 26.1. The van der Waals surface area contributed by atoms with Crippen LogP contribution in [-0.4, -0.2) is 46.0 Å². The maximum atomic E-state index is 13.1. The lowest BCUT2D eigenvalue weighted by atomic mass is 10.0. The Balaban J connectivity index is 2.28. The summed E-state index contributed by atoms with van der Waals surface area (Å²) in [6.07, 6.45) is 3.04. The first-order valence-electron chi connectivity index (χ1n) is 10.6. The second-order valence-corrected chi connectivity index (χ2v) is 8.87. The third-order valence-corrected chi connectivity index (χ3v) is 5.41. The van der Waals surface area contributed by atoms with Gasteiger partial charge in [-0.1, -0.05) is 37.9 Å². The molecule has 0 bridgehead atoms. The standard InChI is InChI=1S/C23H29ClN4O5/c1-6-7-8-9-17(29)25-14-10-11-15(24)16(12-14)26-20(31)18(19(30)13(2)3)28-21(32)23(4,5)27-22(28)33/h10-12,18H,2,6-9H2,1,3-5H3,(H,25,29)(H,26,31)(H,27,33). The molecule has 1 saturated heterocycles. The fraction of sp³-hybridized carbons (Fsp3) is 0.435. The van der Waals surface area contributed by atoms with Crippen LogP contribution in [0.3, 0.4) is 0 Å². The average molecular weight is 477 g/mol. The molecular formula is C23H29ClN4O5. The number of ketones is 1. The number of carbonyl (C=O) groups is 5.